The Hall–Kier alpha value is -4.07. The van der Waals surface area contributed by atoms with Crippen molar-refractivity contribution in [2.75, 3.05) is 12.5 Å². The molecule has 0 saturated carbocycles. The molecule has 14 heteroatoms. The molecule has 0 atom stereocenters. The molecule has 1 aromatic heterocycles. The number of aromatic nitrogens is 2. The molecule has 194 valence electrons. The minimum absolute atomic E-state index is 0.0699. The van der Waals surface area contributed by atoms with E-state index in [1.165, 1.54) is 49.4 Å². The van der Waals surface area contributed by atoms with Gasteiger partial charge in [-0.3, -0.25) is 0 Å². The Kier molecular flexibility index (Phi) is 7.12. The van der Waals surface area contributed by atoms with E-state index in [0.29, 0.717) is 17.4 Å². The number of hydrogen-bond acceptors (Lipinski definition) is 9. The van der Waals surface area contributed by atoms with Gasteiger partial charge in [-0.25, -0.2) is 27.6 Å². The lowest BCUT2D eigenvalue weighted by Crippen LogP contribution is -2.18. The second kappa shape index (κ2) is 10.1. The van der Waals surface area contributed by atoms with E-state index in [9.17, 15) is 30.8 Å². The van der Waals surface area contributed by atoms with Gasteiger partial charge >= 0.3 is 12.1 Å². The number of ether oxygens (including phenoxy) is 2. The van der Waals surface area contributed by atoms with Gasteiger partial charge in [0, 0.05) is 5.56 Å². The number of carbonyl (C=O) groups is 1. The van der Waals surface area contributed by atoms with Crippen molar-refractivity contribution in [1.82, 2.24) is 9.97 Å². The molecule has 2 aromatic carbocycles. The molecule has 3 aromatic rings. The molecule has 37 heavy (non-hydrogen) atoms. The molecule has 1 aliphatic rings. The van der Waals surface area contributed by atoms with Crippen LogP contribution in [0.1, 0.15) is 24.6 Å². The van der Waals surface area contributed by atoms with Crippen molar-refractivity contribution in [1.29, 1.82) is 0 Å². The summed E-state index contributed by atoms with van der Waals surface area (Å²) in [4.78, 5) is 23.7. The third-order valence-electron chi connectivity index (χ3n) is 5.06. The topological polar surface area (TPSA) is 117 Å². The van der Waals surface area contributed by atoms with Crippen molar-refractivity contribution in [2.24, 2.45) is 5.16 Å². The Morgan fingerprint density at radius 2 is 1.76 bits per heavy atom. The molecule has 2 heterocycles. The average molecular weight is 539 g/mol. The number of nitrogens with zero attached hydrogens (tertiary/aromatic N) is 3. The lowest BCUT2D eigenvalue weighted by Gasteiger charge is -2.11. The minimum atomic E-state index is -4.97. The largest absolute Gasteiger partial charge is 0.454 e. The van der Waals surface area contributed by atoms with Crippen molar-refractivity contribution in [3.8, 4) is 22.8 Å². The number of alkyl halides is 3. The molecule has 0 fully saturated rings. The van der Waals surface area contributed by atoms with Crippen LogP contribution in [0.25, 0.3) is 11.3 Å². The first-order valence-corrected chi connectivity index (χ1v) is 12.2. The molecule has 0 N–H and O–H groups in total. The molecule has 4 rings (SSSR count). The monoisotopic (exact) mass is 539 g/mol. The molecule has 0 saturated heterocycles. The number of benzene rings is 2. The number of rotatable bonds is 7. The van der Waals surface area contributed by atoms with Crippen LogP contribution < -0.4 is 9.47 Å². The highest BCUT2D eigenvalue weighted by Gasteiger charge is 2.35. The van der Waals surface area contributed by atoms with Crippen molar-refractivity contribution in [2.45, 2.75) is 24.7 Å². The van der Waals surface area contributed by atoms with E-state index in [4.69, 9.17) is 9.47 Å². The van der Waals surface area contributed by atoms with Gasteiger partial charge in [0.15, 0.2) is 11.5 Å². The quantitative estimate of drug-likeness (QED) is 0.144. The Morgan fingerprint density at radius 1 is 1.05 bits per heavy atom. The molecular formula is C23H17F4N3O6S. The first-order valence-electron chi connectivity index (χ1n) is 10.5. The number of hydrogen-bond donors (Lipinski definition) is 0. The van der Waals surface area contributed by atoms with Crippen LogP contribution in [0.3, 0.4) is 0 Å². The van der Waals surface area contributed by atoms with Crippen LogP contribution in [0.4, 0.5) is 17.6 Å². The first kappa shape index (κ1) is 26.0. The summed E-state index contributed by atoms with van der Waals surface area (Å²) < 4.78 is 89.4. The van der Waals surface area contributed by atoms with E-state index in [-0.39, 0.29) is 29.5 Å². The number of oxime groups is 1. The first-order chi connectivity index (χ1) is 17.4. The van der Waals surface area contributed by atoms with Crippen LogP contribution >= 0.6 is 0 Å². The van der Waals surface area contributed by atoms with Crippen molar-refractivity contribution in [3.63, 3.8) is 0 Å². The summed E-state index contributed by atoms with van der Waals surface area (Å²) >= 11 is 0. The number of halogens is 4. The van der Waals surface area contributed by atoms with Gasteiger partial charge in [0.05, 0.1) is 23.6 Å². The molecule has 1 aliphatic heterocycles. The lowest BCUT2D eigenvalue weighted by molar-refractivity contribution is -0.143. The second-order valence-electron chi connectivity index (χ2n) is 7.70. The third kappa shape index (κ3) is 6.20. The highest BCUT2D eigenvalue weighted by molar-refractivity contribution is 7.91. The summed E-state index contributed by atoms with van der Waals surface area (Å²) in [5.41, 5.74) is -0.989. The maximum absolute atomic E-state index is 13.5. The van der Waals surface area contributed by atoms with Gasteiger partial charge in [-0.15, -0.1) is 0 Å². The SMILES string of the molecule is C/C(=N/OC(=O)CCS(=O)(=O)c1nc(-c2ccc3c(c2)OCO3)cc(C(F)(F)F)n1)c1ccc(F)cc1. The highest BCUT2D eigenvalue weighted by atomic mass is 32.2. The Bertz CT molecular complexity index is 1470. The fourth-order valence-electron chi connectivity index (χ4n) is 3.13. The fraction of sp³-hybridized carbons (Fsp3) is 0.217. The van der Waals surface area contributed by atoms with Crippen molar-refractivity contribution >= 4 is 21.5 Å². The van der Waals surface area contributed by atoms with Crippen molar-refractivity contribution in [3.05, 3.63) is 65.6 Å². The Balaban J connectivity index is 1.53. The van der Waals surface area contributed by atoms with E-state index in [1.807, 2.05) is 0 Å². The van der Waals surface area contributed by atoms with E-state index in [1.54, 1.807) is 0 Å². The zero-order valence-electron chi connectivity index (χ0n) is 19.0. The molecule has 0 spiro atoms. The number of sulfone groups is 1. The van der Waals surface area contributed by atoms with E-state index in [2.05, 4.69) is 20.0 Å². The summed E-state index contributed by atoms with van der Waals surface area (Å²) in [5, 5.41) is 2.47. The van der Waals surface area contributed by atoms with Crippen LogP contribution in [0, 0.1) is 5.82 Å². The predicted molar refractivity (Wildman–Crippen MR) is 120 cm³/mol. The molecule has 0 radical (unpaired) electrons. The van der Waals surface area contributed by atoms with Gasteiger partial charge in [0.2, 0.25) is 21.8 Å². The zero-order chi connectivity index (χ0) is 26.8. The van der Waals surface area contributed by atoms with Gasteiger partial charge < -0.3 is 14.3 Å². The van der Waals surface area contributed by atoms with Gasteiger partial charge in [0.25, 0.3) is 0 Å². The Morgan fingerprint density at radius 3 is 2.46 bits per heavy atom. The summed E-state index contributed by atoms with van der Waals surface area (Å²) in [5.74, 6) is -1.84. The molecule has 0 bridgehead atoms. The van der Waals surface area contributed by atoms with E-state index >= 15 is 0 Å². The van der Waals surface area contributed by atoms with E-state index < -0.39 is 50.8 Å². The second-order valence-corrected chi connectivity index (χ2v) is 9.71. The predicted octanol–water partition coefficient (Wildman–Crippen LogP) is 4.16. The summed E-state index contributed by atoms with van der Waals surface area (Å²) in [6, 6.07) is 9.96. The maximum atomic E-state index is 13.5. The smallest absolute Gasteiger partial charge is 0.433 e. The van der Waals surface area contributed by atoms with Gasteiger partial charge in [-0.05, 0) is 48.9 Å². The fourth-order valence-corrected chi connectivity index (χ4v) is 4.22. The summed E-state index contributed by atoms with van der Waals surface area (Å²) in [6.45, 7) is 1.41. The maximum Gasteiger partial charge on any atom is 0.433 e. The molecule has 0 amide bonds. The van der Waals surface area contributed by atoms with Crippen LogP contribution in [-0.4, -0.2) is 42.6 Å². The van der Waals surface area contributed by atoms with Crippen LogP contribution in [0.2, 0.25) is 0 Å². The third-order valence-corrected chi connectivity index (χ3v) is 6.54. The van der Waals surface area contributed by atoms with Crippen LogP contribution in [-0.2, 0) is 25.6 Å². The lowest BCUT2D eigenvalue weighted by atomic mass is 10.1. The molecule has 0 aliphatic carbocycles. The van der Waals surface area contributed by atoms with Crippen LogP contribution in [0.5, 0.6) is 11.5 Å². The van der Waals surface area contributed by atoms with Crippen LogP contribution in [0.15, 0.2) is 58.8 Å². The van der Waals surface area contributed by atoms with Gasteiger partial charge in [0.1, 0.15) is 11.5 Å². The molecule has 0 unspecified atom stereocenters. The number of fused-ring (bicyclic) bond motifs is 1. The number of carbonyl (C=O) groups excluding carboxylic acids is 1. The summed E-state index contributed by atoms with van der Waals surface area (Å²) in [6.07, 6.45) is -5.70. The summed E-state index contributed by atoms with van der Waals surface area (Å²) in [7, 11) is -4.54. The van der Waals surface area contributed by atoms with E-state index in [0.717, 1.165) is 0 Å². The average Bonchev–Trinajstić information content (AvgIpc) is 3.34. The Labute approximate surface area is 207 Å². The minimum Gasteiger partial charge on any atom is -0.454 e. The standard InChI is InChI=1S/C23H17F4N3O6S/c1-13(14-2-5-16(24)6-3-14)30-36-21(31)8-9-37(32,33)22-28-17(11-20(29-22)23(25,26)27)15-4-7-18-19(10-15)35-12-34-18/h2-7,10-11H,8-9,12H2,1H3/b30-13-. The van der Waals surface area contributed by atoms with Gasteiger partial charge in [-0.2, -0.15) is 13.2 Å². The van der Waals surface area contributed by atoms with Crippen molar-refractivity contribution < 1.29 is 45.1 Å². The van der Waals surface area contributed by atoms with Gasteiger partial charge in [-0.1, -0.05) is 17.3 Å². The molecule has 9 nitrogen and oxygen atoms in total. The normalized spacial score (nSPS) is 13.5. The highest BCUT2D eigenvalue weighted by Crippen LogP contribution is 2.37. The molecular weight excluding hydrogens is 522 g/mol. The zero-order valence-corrected chi connectivity index (χ0v) is 19.8.